The summed E-state index contributed by atoms with van der Waals surface area (Å²) in [6.07, 6.45) is 2.71. The zero-order valence-corrected chi connectivity index (χ0v) is 12.1. The monoisotopic (exact) mass is 266 g/mol. The van der Waals surface area contributed by atoms with Crippen molar-refractivity contribution in [3.63, 3.8) is 0 Å². The Balaban J connectivity index is 1.89. The molecule has 1 saturated heterocycles. The highest BCUT2D eigenvalue weighted by Crippen LogP contribution is 2.13. The zero-order valence-electron chi connectivity index (χ0n) is 11.3. The van der Waals surface area contributed by atoms with E-state index in [0.717, 1.165) is 32.5 Å². The molecule has 0 saturated carbocycles. The standard InChI is InChI=1S/C14H22N2OS/c1-15-7-3-8-16(2)13(10-15)14(17)5-4-12-6-9-18-11-12/h6,9,11,13H,3-5,7-8,10H2,1-2H3. The van der Waals surface area contributed by atoms with Crippen LogP contribution in [0.1, 0.15) is 18.4 Å². The van der Waals surface area contributed by atoms with Gasteiger partial charge in [-0.15, -0.1) is 0 Å². The van der Waals surface area contributed by atoms with Gasteiger partial charge in [-0.25, -0.2) is 0 Å². The first-order valence-electron chi connectivity index (χ1n) is 6.59. The minimum absolute atomic E-state index is 0.0798. The van der Waals surface area contributed by atoms with Gasteiger partial charge in [0.25, 0.3) is 0 Å². The van der Waals surface area contributed by atoms with Crippen molar-refractivity contribution in [1.82, 2.24) is 9.80 Å². The molecule has 1 aliphatic rings. The Labute approximate surface area is 113 Å². The largest absolute Gasteiger partial charge is 0.304 e. The molecule has 1 unspecified atom stereocenters. The number of thiophene rings is 1. The topological polar surface area (TPSA) is 23.6 Å². The molecule has 4 heteroatoms. The molecule has 18 heavy (non-hydrogen) atoms. The lowest BCUT2D eigenvalue weighted by Gasteiger charge is -2.26. The number of ketones is 1. The van der Waals surface area contributed by atoms with Gasteiger partial charge in [-0.05, 0) is 62.4 Å². The van der Waals surface area contributed by atoms with Crippen molar-refractivity contribution < 1.29 is 4.79 Å². The molecule has 0 radical (unpaired) electrons. The Kier molecular flexibility index (Phi) is 4.92. The zero-order chi connectivity index (χ0) is 13.0. The van der Waals surface area contributed by atoms with E-state index in [4.69, 9.17) is 0 Å². The van der Waals surface area contributed by atoms with Crippen LogP contribution in [0.4, 0.5) is 0 Å². The van der Waals surface area contributed by atoms with Crippen LogP contribution >= 0.6 is 11.3 Å². The van der Waals surface area contributed by atoms with Crippen molar-refractivity contribution in [2.24, 2.45) is 0 Å². The van der Waals surface area contributed by atoms with Gasteiger partial charge in [-0.3, -0.25) is 9.69 Å². The fraction of sp³-hybridized carbons (Fsp3) is 0.643. The maximum absolute atomic E-state index is 12.3. The number of aryl methyl sites for hydroxylation is 1. The summed E-state index contributed by atoms with van der Waals surface area (Å²) >= 11 is 1.70. The molecule has 100 valence electrons. The lowest BCUT2D eigenvalue weighted by molar-refractivity contribution is -0.124. The molecule has 0 spiro atoms. The average Bonchev–Trinajstić information content (AvgIpc) is 2.80. The van der Waals surface area contributed by atoms with Gasteiger partial charge in [0.15, 0.2) is 5.78 Å². The van der Waals surface area contributed by atoms with Gasteiger partial charge >= 0.3 is 0 Å². The lowest BCUT2D eigenvalue weighted by Crippen LogP contribution is -2.43. The van der Waals surface area contributed by atoms with Gasteiger partial charge in [-0.2, -0.15) is 11.3 Å². The van der Waals surface area contributed by atoms with Crippen LogP contribution in [0, 0.1) is 0 Å². The molecular formula is C14H22N2OS. The van der Waals surface area contributed by atoms with E-state index < -0.39 is 0 Å². The van der Waals surface area contributed by atoms with E-state index in [1.165, 1.54) is 5.56 Å². The molecule has 1 aromatic heterocycles. The molecule has 0 aliphatic carbocycles. The highest BCUT2D eigenvalue weighted by atomic mass is 32.1. The molecule has 1 aliphatic heterocycles. The maximum atomic E-state index is 12.3. The maximum Gasteiger partial charge on any atom is 0.151 e. The quantitative estimate of drug-likeness (QED) is 0.831. The summed E-state index contributed by atoms with van der Waals surface area (Å²) < 4.78 is 0. The first kappa shape index (κ1) is 13.7. The van der Waals surface area contributed by atoms with E-state index >= 15 is 0 Å². The molecule has 1 aromatic rings. The number of likely N-dealkylation sites (N-methyl/N-ethyl adjacent to an activating group) is 2. The SMILES string of the molecule is CN1CCCN(C)C(C(=O)CCc2ccsc2)C1. The van der Waals surface area contributed by atoms with Crippen molar-refractivity contribution in [3.8, 4) is 0 Å². The van der Waals surface area contributed by atoms with Crippen molar-refractivity contribution in [1.29, 1.82) is 0 Å². The summed E-state index contributed by atoms with van der Waals surface area (Å²) in [5.74, 6) is 0.387. The number of rotatable bonds is 4. The van der Waals surface area contributed by atoms with Crippen molar-refractivity contribution in [3.05, 3.63) is 22.4 Å². The number of hydrogen-bond acceptors (Lipinski definition) is 4. The highest BCUT2D eigenvalue weighted by molar-refractivity contribution is 7.07. The van der Waals surface area contributed by atoms with Gasteiger partial charge in [0, 0.05) is 13.0 Å². The molecule has 1 fully saturated rings. The third-order valence-corrected chi connectivity index (χ3v) is 4.41. The Hall–Kier alpha value is -0.710. The van der Waals surface area contributed by atoms with E-state index in [1.54, 1.807) is 11.3 Å². The van der Waals surface area contributed by atoms with Crippen LogP contribution in [-0.4, -0.2) is 55.4 Å². The summed E-state index contributed by atoms with van der Waals surface area (Å²) in [4.78, 5) is 16.8. The van der Waals surface area contributed by atoms with Gasteiger partial charge in [0.1, 0.15) is 0 Å². The minimum atomic E-state index is 0.0798. The normalized spacial score (nSPS) is 22.9. The number of hydrogen-bond donors (Lipinski definition) is 0. The first-order valence-corrected chi connectivity index (χ1v) is 7.53. The molecule has 0 N–H and O–H groups in total. The van der Waals surface area contributed by atoms with E-state index in [1.807, 2.05) is 0 Å². The van der Waals surface area contributed by atoms with Gasteiger partial charge in [0.05, 0.1) is 6.04 Å². The van der Waals surface area contributed by atoms with Crippen LogP contribution in [0.2, 0.25) is 0 Å². The molecular weight excluding hydrogens is 244 g/mol. The summed E-state index contributed by atoms with van der Waals surface area (Å²) in [7, 11) is 4.19. The van der Waals surface area contributed by atoms with Gasteiger partial charge in [0.2, 0.25) is 0 Å². The molecule has 0 aromatic carbocycles. The second kappa shape index (κ2) is 6.45. The van der Waals surface area contributed by atoms with E-state index in [0.29, 0.717) is 12.2 Å². The first-order chi connectivity index (χ1) is 8.66. The predicted octanol–water partition coefficient (Wildman–Crippen LogP) is 1.89. The van der Waals surface area contributed by atoms with E-state index in [-0.39, 0.29) is 6.04 Å². The molecule has 1 atom stereocenters. The van der Waals surface area contributed by atoms with Crippen LogP contribution in [0.15, 0.2) is 16.8 Å². The third-order valence-electron chi connectivity index (χ3n) is 3.68. The van der Waals surface area contributed by atoms with Crippen LogP contribution in [0.25, 0.3) is 0 Å². The van der Waals surface area contributed by atoms with E-state index in [9.17, 15) is 4.79 Å². The van der Waals surface area contributed by atoms with Crippen LogP contribution in [0.3, 0.4) is 0 Å². The fourth-order valence-electron chi connectivity index (χ4n) is 2.49. The molecule has 0 bridgehead atoms. The predicted molar refractivity (Wildman–Crippen MR) is 76.2 cm³/mol. The Morgan fingerprint density at radius 2 is 2.28 bits per heavy atom. The number of carbonyl (C=O) groups excluding carboxylic acids is 1. The van der Waals surface area contributed by atoms with Crippen molar-refractivity contribution >= 4 is 17.1 Å². The number of Topliss-reactive ketones (excluding diaryl/α,β-unsaturated/α-hetero) is 1. The Morgan fingerprint density at radius 1 is 1.44 bits per heavy atom. The number of nitrogens with zero attached hydrogens (tertiary/aromatic N) is 2. The second-order valence-corrected chi connectivity index (χ2v) is 5.99. The van der Waals surface area contributed by atoms with Crippen LogP contribution in [0.5, 0.6) is 0 Å². The van der Waals surface area contributed by atoms with Crippen molar-refractivity contribution in [2.75, 3.05) is 33.7 Å². The number of carbonyl (C=O) groups is 1. The summed E-state index contributed by atoms with van der Waals surface area (Å²) in [6.45, 7) is 3.00. The molecule has 3 nitrogen and oxygen atoms in total. The van der Waals surface area contributed by atoms with Crippen molar-refractivity contribution in [2.45, 2.75) is 25.3 Å². The minimum Gasteiger partial charge on any atom is -0.304 e. The smallest absolute Gasteiger partial charge is 0.151 e. The highest BCUT2D eigenvalue weighted by Gasteiger charge is 2.26. The van der Waals surface area contributed by atoms with Gasteiger partial charge < -0.3 is 4.90 Å². The Bertz CT molecular complexity index is 377. The Morgan fingerprint density at radius 3 is 3.00 bits per heavy atom. The molecule has 2 rings (SSSR count). The summed E-state index contributed by atoms with van der Waals surface area (Å²) in [5, 5.41) is 4.21. The summed E-state index contributed by atoms with van der Waals surface area (Å²) in [6, 6.07) is 2.19. The molecule has 2 heterocycles. The second-order valence-electron chi connectivity index (χ2n) is 5.21. The lowest BCUT2D eigenvalue weighted by atomic mass is 10.0. The fourth-order valence-corrected chi connectivity index (χ4v) is 3.19. The van der Waals surface area contributed by atoms with Crippen LogP contribution < -0.4 is 0 Å². The van der Waals surface area contributed by atoms with Crippen LogP contribution in [-0.2, 0) is 11.2 Å². The van der Waals surface area contributed by atoms with Gasteiger partial charge in [-0.1, -0.05) is 0 Å². The van der Waals surface area contributed by atoms with E-state index in [2.05, 4.69) is 40.7 Å². The molecule has 0 amide bonds. The summed E-state index contributed by atoms with van der Waals surface area (Å²) in [5.41, 5.74) is 1.29. The third kappa shape index (κ3) is 3.64. The average molecular weight is 266 g/mol.